The molecule has 1 N–H and O–H groups in total. The normalized spacial score (nSPS) is 45.9. The summed E-state index contributed by atoms with van der Waals surface area (Å²) in [6.45, 7) is 3.83. The van der Waals surface area contributed by atoms with Crippen molar-refractivity contribution in [1.82, 2.24) is 0 Å². The average Bonchev–Trinajstić information content (AvgIpc) is 2.39. The molecule has 0 spiro atoms. The quantitative estimate of drug-likeness (QED) is 0.490. The molecule has 11 heavy (non-hydrogen) atoms. The predicted octanol–water partition coefficient (Wildman–Crippen LogP) is -0.229. The Hall–Kier alpha value is -0.700. The van der Waals surface area contributed by atoms with Gasteiger partial charge in [0.25, 0.3) is 0 Å². The van der Waals surface area contributed by atoms with E-state index < -0.39 is 11.9 Å². The van der Waals surface area contributed by atoms with Crippen molar-refractivity contribution in [1.29, 1.82) is 0 Å². The van der Waals surface area contributed by atoms with E-state index in [2.05, 4.69) is 0 Å². The second-order valence-corrected chi connectivity index (χ2v) is 4.00. The van der Waals surface area contributed by atoms with E-state index >= 15 is 0 Å². The van der Waals surface area contributed by atoms with Crippen molar-refractivity contribution in [2.45, 2.75) is 20.0 Å². The summed E-state index contributed by atoms with van der Waals surface area (Å²) in [5.74, 6) is -1.24. The van der Waals surface area contributed by atoms with Gasteiger partial charge in [-0.3, -0.25) is 9.59 Å². The van der Waals surface area contributed by atoms with E-state index in [1.165, 1.54) is 0 Å². The molecule has 3 atom stereocenters. The zero-order chi connectivity index (χ0) is 8.39. The van der Waals surface area contributed by atoms with E-state index in [1.807, 2.05) is 13.8 Å². The fourth-order valence-electron chi connectivity index (χ4n) is 2.23. The van der Waals surface area contributed by atoms with Gasteiger partial charge >= 0.3 is 0 Å². The summed E-state index contributed by atoms with van der Waals surface area (Å²) in [6, 6.07) is 0. The van der Waals surface area contributed by atoms with Gasteiger partial charge in [0.2, 0.25) is 11.6 Å². The van der Waals surface area contributed by atoms with Crippen LogP contribution in [0.4, 0.5) is 0 Å². The van der Waals surface area contributed by atoms with Crippen molar-refractivity contribution in [2.75, 3.05) is 0 Å². The molecule has 0 radical (unpaired) electrons. The van der Waals surface area contributed by atoms with E-state index in [-0.39, 0.29) is 23.0 Å². The first-order chi connectivity index (χ1) is 4.98. The first kappa shape index (κ1) is 6.98. The van der Waals surface area contributed by atoms with Crippen LogP contribution in [0.25, 0.3) is 0 Å². The number of hydrogen-bond acceptors (Lipinski definition) is 3. The number of carbonyl (C=O) groups excluding carboxylic acids is 2. The molecular weight excluding hydrogens is 144 g/mol. The molecule has 60 valence electrons. The van der Waals surface area contributed by atoms with Gasteiger partial charge in [0.05, 0.1) is 0 Å². The Bertz CT molecular complexity index is 254. The van der Waals surface area contributed by atoms with Crippen molar-refractivity contribution >= 4 is 11.6 Å². The summed E-state index contributed by atoms with van der Waals surface area (Å²) in [6.07, 6.45) is -1.01. The maximum atomic E-state index is 11.1. The van der Waals surface area contributed by atoms with Crippen LogP contribution in [-0.2, 0) is 9.59 Å². The van der Waals surface area contributed by atoms with E-state index in [4.69, 9.17) is 0 Å². The van der Waals surface area contributed by atoms with Crippen LogP contribution in [-0.4, -0.2) is 22.8 Å². The second kappa shape index (κ2) is 1.55. The van der Waals surface area contributed by atoms with Gasteiger partial charge in [0, 0.05) is 11.8 Å². The third-order valence-electron chi connectivity index (χ3n) is 3.04. The minimum atomic E-state index is -1.01. The van der Waals surface area contributed by atoms with Gasteiger partial charge < -0.3 is 5.11 Å². The molecule has 0 aromatic heterocycles. The smallest absolute Gasteiger partial charge is 0.227 e. The van der Waals surface area contributed by atoms with Crippen molar-refractivity contribution in [3.63, 3.8) is 0 Å². The first-order valence-corrected chi connectivity index (χ1v) is 3.74. The molecular formula is C8H10O3. The molecule has 2 fully saturated rings. The molecule has 0 bridgehead atoms. The first-order valence-electron chi connectivity index (χ1n) is 3.74. The van der Waals surface area contributed by atoms with Gasteiger partial charge in [-0.1, -0.05) is 13.8 Å². The van der Waals surface area contributed by atoms with Crippen LogP contribution in [0.15, 0.2) is 0 Å². The highest BCUT2D eigenvalue weighted by molar-refractivity contribution is 6.43. The number of carbonyl (C=O) groups is 2. The fraction of sp³-hybridized carbons (Fsp3) is 0.750. The van der Waals surface area contributed by atoms with Crippen LogP contribution in [0.5, 0.6) is 0 Å². The third kappa shape index (κ3) is 0.577. The molecule has 0 aliphatic heterocycles. The van der Waals surface area contributed by atoms with E-state index in [0.717, 1.165) is 0 Å². The van der Waals surface area contributed by atoms with E-state index in [1.54, 1.807) is 0 Å². The molecule has 2 rings (SSSR count). The number of aliphatic hydroxyl groups excluding tert-OH is 1. The summed E-state index contributed by atoms with van der Waals surface area (Å²) in [5, 5.41) is 9.24. The van der Waals surface area contributed by atoms with Crippen LogP contribution in [0, 0.1) is 17.3 Å². The fourth-order valence-corrected chi connectivity index (χ4v) is 2.23. The summed E-state index contributed by atoms with van der Waals surface area (Å²) < 4.78 is 0. The Kier molecular flexibility index (Phi) is 0.986. The Morgan fingerprint density at radius 1 is 1.27 bits per heavy atom. The molecule has 3 nitrogen and oxygen atoms in total. The highest BCUT2D eigenvalue weighted by Crippen LogP contribution is 2.63. The van der Waals surface area contributed by atoms with Gasteiger partial charge in [-0.25, -0.2) is 0 Å². The van der Waals surface area contributed by atoms with Gasteiger partial charge in [0.1, 0.15) is 6.10 Å². The Labute approximate surface area is 64.4 Å². The van der Waals surface area contributed by atoms with E-state index in [9.17, 15) is 14.7 Å². The lowest BCUT2D eigenvalue weighted by Crippen LogP contribution is -2.28. The Morgan fingerprint density at radius 2 is 1.82 bits per heavy atom. The molecule has 0 aromatic carbocycles. The average molecular weight is 154 g/mol. The third-order valence-corrected chi connectivity index (χ3v) is 3.04. The maximum absolute atomic E-state index is 11.1. The zero-order valence-corrected chi connectivity index (χ0v) is 6.50. The minimum Gasteiger partial charge on any atom is -0.384 e. The molecule has 2 unspecified atom stereocenters. The predicted molar refractivity (Wildman–Crippen MR) is 36.8 cm³/mol. The standard InChI is InChI=1S/C8H10O3/c1-8(2)3-4(8)6(10)7(11)5(3)9/h3-5,9H,1-2H3/t3?,4?,5-/m1/s1. The number of fused-ring (bicyclic) bond motifs is 1. The number of Topliss-reactive ketones (excluding diaryl/α,β-unsaturated/α-hetero) is 2. The van der Waals surface area contributed by atoms with Gasteiger partial charge in [-0.05, 0) is 5.41 Å². The van der Waals surface area contributed by atoms with Gasteiger partial charge in [-0.15, -0.1) is 0 Å². The molecule has 2 aliphatic carbocycles. The molecule has 0 aromatic rings. The molecule has 0 saturated heterocycles. The van der Waals surface area contributed by atoms with Crippen molar-refractivity contribution in [2.24, 2.45) is 17.3 Å². The lowest BCUT2D eigenvalue weighted by molar-refractivity contribution is -0.140. The number of aliphatic hydroxyl groups is 1. The summed E-state index contributed by atoms with van der Waals surface area (Å²) in [4.78, 5) is 21.9. The molecule has 2 saturated carbocycles. The van der Waals surface area contributed by atoms with Crippen molar-refractivity contribution in [3.8, 4) is 0 Å². The van der Waals surface area contributed by atoms with Crippen LogP contribution >= 0.6 is 0 Å². The Morgan fingerprint density at radius 3 is 2.09 bits per heavy atom. The second-order valence-electron chi connectivity index (χ2n) is 4.00. The van der Waals surface area contributed by atoms with Crippen LogP contribution in [0.3, 0.4) is 0 Å². The zero-order valence-electron chi connectivity index (χ0n) is 6.50. The monoisotopic (exact) mass is 154 g/mol. The lowest BCUT2D eigenvalue weighted by Gasteiger charge is -2.09. The summed E-state index contributed by atoms with van der Waals surface area (Å²) >= 11 is 0. The molecule has 3 heteroatoms. The summed E-state index contributed by atoms with van der Waals surface area (Å²) in [7, 11) is 0. The van der Waals surface area contributed by atoms with Crippen molar-refractivity contribution < 1.29 is 14.7 Å². The van der Waals surface area contributed by atoms with E-state index in [0.29, 0.717) is 0 Å². The number of ketones is 2. The number of rotatable bonds is 0. The molecule has 2 aliphatic rings. The highest BCUT2D eigenvalue weighted by Gasteiger charge is 2.72. The summed E-state index contributed by atoms with van der Waals surface area (Å²) in [5.41, 5.74) is -0.135. The van der Waals surface area contributed by atoms with Crippen LogP contribution in [0.1, 0.15) is 13.8 Å². The maximum Gasteiger partial charge on any atom is 0.227 e. The topological polar surface area (TPSA) is 54.4 Å². The highest BCUT2D eigenvalue weighted by atomic mass is 16.3. The molecule has 0 heterocycles. The molecule has 0 amide bonds. The van der Waals surface area contributed by atoms with Crippen LogP contribution < -0.4 is 0 Å². The van der Waals surface area contributed by atoms with Crippen LogP contribution in [0.2, 0.25) is 0 Å². The van der Waals surface area contributed by atoms with Gasteiger partial charge in [0.15, 0.2) is 0 Å². The largest absolute Gasteiger partial charge is 0.384 e. The van der Waals surface area contributed by atoms with Gasteiger partial charge in [-0.2, -0.15) is 0 Å². The number of hydrogen-bond donors (Lipinski definition) is 1. The van der Waals surface area contributed by atoms with Crippen molar-refractivity contribution in [3.05, 3.63) is 0 Å². The SMILES string of the molecule is CC1(C)C2C(=O)C(=O)[C@H](O)C21. The lowest BCUT2D eigenvalue weighted by atomic mass is 9.98. The minimum absolute atomic E-state index is 0.0949. The Balaban J connectivity index is 2.34.